The topological polar surface area (TPSA) is 63.7 Å². The van der Waals surface area contributed by atoms with E-state index < -0.39 is 0 Å². The Morgan fingerprint density at radius 3 is 3.00 bits per heavy atom. The first-order valence-corrected chi connectivity index (χ1v) is 8.51. The number of aryl methyl sites for hydroxylation is 2. The predicted molar refractivity (Wildman–Crippen MR) is 95.9 cm³/mol. The third kappa shape index (κ3) is 4.92. The Balaban J connectivity index is 1.54. The normalized spacial score (nSPS) is 17.0. The van der Waals surface area contributed by atoms with Crippen molar-refractivity contribution in [3.63, 3.8) is 0 Å². The molecule has 0 bridgehead atoms. The van der Waals surface area contributed by atoms with E-state index in [-0.39, 0.29) is 24.6 Å². The zero-order valence-electron chi connectivity index (χ0n) is 14.9. The van der Waals surface area contributed by atoms with Gasteiger partial charge in [0.15, 0.2) is 0 Å². The smallest absolute Gasteiger partial charge is 0.323 e. The van der Waals surface area contributed by atoms with Crippen molar-refractivity contribution < 1.29 is 18.7 Å². The van der Waals surface area contributed by atoms with Crippen LogP contribution in [0.5, 0.6) is 5.75 Å². The van der Waals surface area contributed by atoms with Crippen LogP contribution in [0.15, 0.2) is 36.4 Å². The van der Waals surface area contributed by atoms with Gasteiger partial charge in [-0.1, -0.05) is 6.07 Å². The summed E-state index contributed by atoms with van der Waals surface area (Å²) >= 11 is 0. The largest absolute Gasteiger partial charge is 0.491 e. The molecular formula is C19H22FN3O3. The van der Waals surface area contributed by atoms with E-state index in [0.717, 1.165) is 11.3 Å². The molecule has 3 rings (SSSR count). The van der Waals surface area contributed by atoms with Crippen LogP contribution >= 0.6 is 0 Å². The SMILES string of the molecule is Cc1cc(C)nc(NC(=O)N2CCOC(COc3cccc(F)c3)C2)c1. The molecule has 26 heavy (non-hydrogen) atoms. The fraction of sp³-hybridized carbons (Fsp3) is 0.368. The van der Waals surface area contributed by atoms with Gasteiger partial charge >= 0.3 is 6.03 Å². The van der Waals surface area contributed by atoms with E-state index in [4.69, 9.17) is 9.47 Å². The molecule has 2 amide bonds. The minimum absolute atomic E-state index is 0.221. The summed E-state index contributed by atoms with van der Waals surface area (Å²) in [6.45, 7) is 5.40. The summed E-state index contributed by atoms with van der Waals surface area (Å²) in [5.74, 6) is 0.621. The number of hydrogen-bond acceptors (Lipinski definition) is 4. The molecule has 138 valence electrons. The van der Waals surface area contributed by atoms with E-state index in [9.17, 15) is 9.18 Å². The molecule has 7 heteroatoms. The molecule has 1 N–H and O–H groups in total. The molecule has 1 atom stereocenters. The molecule has 0 saturated carbocycles. The monoisotopic (exact) mass is 359 g/mol. The number of carbonyl (C=O) groups is 1. The second kappa shape index (κ2) is 8.14. The van der Waals surface area contributed by atoms with Crippen molar-refractivity contribution in [1.82, 2.24) is 9.88 Å². The molecule has 0 aliphatic carbocycles. The van der Waals surface area contributed by atoms with Gasteiger partial charge in [0.2, 0.25) is 0 Å². The Bertz CT molecular complexity index is 764. The first kappa shape index (κ1) is 18.1. The van der Waals surface area contributed by atoms with Crippen molar-refractivity contribution in [2.24, 2.45) is 0 Å². The number of benzene rings is 1. The second-order valence-corrected chi connectivity index (χ2v) is 6.31. The van der Waals surface area contributed by atoms with Crippen LogP contribution in [0.3, 0.4) is 0 Å². The predicted octanol–water partition coefficient (Wildman–Crippen LogP) is 3.15. The Morgan fingerprint density at radius 2 is 2.23 bits per heavy atom. The van der Waals surface area contributed by atoms with Crippen molar-refractivity contribution in [1.29, 1.82) is 0 Å². The molecule has 1 aliphatic rings. The summed E-state index contributed by atoms with van der Waals surface area (Å²) in [6, 6.07) is 9.50. The van der Waals surface area contributed by atoms with Gasteiger partial charge in [-0.05, 0) is 43.7 Å². The van der Waals surface area contributed by atoms with Crippen molar-refractivity contribution in [3.8, 4) is 5.75 Å². The Labute approximate surface area is 151 Å². The summed E-state index contributed by atoms with van der Waals surface area (Å²) in [4.78, 5) is 18.5. The summed E-state index contributed by atoms with van der Waals surface area (Å²) in [6.07, 6.45) is -0.273. The number of rotatable bonds is 4. The molecule has 1 aromatic heterocycles. The van der Waals surface area contributed by atoms with Gasteiger partial charge in [0.05, 0.1) is 13.2 Å². The maximum atomic E-state index is 13.2. The molecule has 0 radical (unpaired) electrons. The van der Waals surface area contributed by atoms with E-state index in [1.165, 1.54) is 12.1 Å². The van der Waals surface area contributed by atoms with Crippen molar-refractivity contribution in [3.05, 3.63) is 53.5 Å². The van der Waals surface area contributed by atoms with E-state index in [1.807, 2.05) is 26.0 Å². The first-order chi connectivity index (χ1) is 12.5. The van der Waals surface area contributed by atoms with Crippen LogP contribution in [0.1, 0.15) is 11.3 Å². The molecule has 1 fully saturated rings. The summed E-state index contributed by atoms with van der Waals surface area (Å²) in [5.41, 5.74) is 1.89. The van der Waals surface area contributed by atoms with Crippen LogP contribution in [0.25, 0.3) is 0 Å². The number of ether oxygens (including phenoxy) is 2. The molecule has 1 aromatic carbocycles. The summed E-state index contributed by atoms with van der Waals surface area (Å²) in [7, 11) is 0. The van der Waals surface area contributed by atoms with Crippen molar-refractivity contribution in [2.45, 2.75) is 20.0 Å². The van der Waals surface area contributed by atoms with E-state index >= 15 is 0 Å². The third-order valence-corrected chi connectivity index (χ3v) is 3.99. The van der Waals surface area contributed by atoms with Gasteiger partial charge < -0.3 is 14.4 Å². The number of halogens is 1. The van der Waals surface area contributed by atoms with Crippen LogP contribution in [0.4, 0.5) is 15.0 Å². The standard InChI is InChI=1S/C19H22FN3O3/c1-13-8-14(2)21-18(9-13)22-19(24)23-6-7-25-17(11-23)12-26-16-5-3-4-15(20)10-16/h3-5,8-10,17H,6-7,11-12H2,1-2H3,(H,21,22,24). The number of urea groups is 1. The number of nitrogens with zero attached hydrogens (tertiary/aromatic N) is 2. The molecule has 2 heterocycles. The van der Waals surface area contributed by atoms with Crippen molar-refractivity contribution in [2.75, 3.05) is 31.6 Å². The lowest BCUT2D eigenvalue weighted by Gasteiger charge is -2.32. The first-order valence-electron chi connectivity index (χ1n) is 8.51. The molecule has 1 unspecified atom stereocenters. The van der Waals surface area contributed by atoms with Crippen molar-refractivity contribution >= 4 is 11.8 Å². The second-order valence-electron chi connectivity index (χ2n) is 6.31. The lowest BCUT2D eigenvalue weighted by Crippen LogP contribution is -2.49. The average molecular weight is 359 g/mol. The maximum absolute atomic E-state index is 13.2. The number of aromatic nitrogens is 1. The van der Waals surface area contributed by atoms with Gasteiger partial charge in [-0.25, -0.2) is 14.2 Å². The number of carbonyl (C=O) groups excluding carboxylic acids is 1. The lowest BCUT2D eigenvalue weighted by molar-refractivity contribution is -0.0337. The average Bonchev–Trinajstić information content (AvgIpc) is 2.59. The highest BCUT2D eigenvalue weighted by Gasteiger charge is 2.25. The summed E-state index contributed by atoms with van der Waals surface area (Å²) < 4.78 is 24.4. The number of amides is 2. The van der Waals surface area contributed by atoms with Gasteiger partial charge in [0.1, 0.15) is 30.1 Å². The minimum Gasteiger partial charge on any atom is -0.491 e. The Morgan fingerprint density at radius 1 is 1.38 bits per heavy atom. The highest BCUT2D eigenvalue weighted by Crippen LogP contribution is 2.15. The molecular weight excluding hydrogens is 337 g/mol. The maximum Gasteiger partial charge on any atom is 0.323 e. The molecule has 2 aromatic rings. The molecule has 6 nitrogen and oxygen atoms in total. The van der Waals surface area contributed by atoms with Gasteiger partial charge in [-0.2, -0.15) is 0 Å². The van der Waals surface area contributed by atoms with Gasteiger partial charge in [0, 0.05) is 18.3 Å². The van der Waals surface area contributed by atoms with Gasteiger partial charge in [0.25, 0.3) is 0 Å². The van der Waals surface area contributed by atoms with Gasteiger partial charge in [-0.15, -0.1) is 0 Å². The minimum atomic E-state index is -0.353. The third-order valence-electron chi connectivity index (χ3n) is 3.99. The fourth-order valence-electron chi connectivity index (χ4n) is 2.84. The lowest BCUT2D eigenvalue weighted by atomic mass is 10.2. The quantitative estimate of drug-likeness (QED) is 0.911. The number of anilines is 1. The van der Waals surface area contributed by atoms with E-state index in [0.29, 0.717) is 31.3 Å². The highest BCUT2D eigenvalue weighted by atomic mass is 19.1. The van der Waals surface area contributed by atoms with Crippen LogP contribution in [-0.4, -0.2) is 48.3 Å². The number of pyridine rings is 1. The van der Waals surface area contributed by atoms with E-state index in [1.54, 1.807) is 17.0 Å². The molecule has 1 aliphatic heterocycles. The number of morpholine rings is 1. The van der Waals surface area contributed by atoms with Crippen LogP contribution in [0, 0.1) is 19.7 Å². The summed E-state index contributed by atoms with van der Waals surface area (Å²) in [5, 5.41) is 2.83. The fourth-order valence-corrected chi connectivity index (χ4v) is 2.84. The molecule has 1 saturated heterocycles. The zero-order valence-corrected chi connectivity index (χ0v) is 14.9. The number of nitrogens with one attached hydrogen (secondary N) is 1. The van der Waals surface area contributed by atoms with Gasteiger partial charge in [-0.3, -0.25) is 5.32 Å². The number of hydrogen-bond donors (Lipinski definition) is 1. The Kier molecular flexibility index (Phi) is 5.68. The zero-order chi connectivity index (χ0) is 18.5. The molecule has 0 spiro atoms. The Hall–Kier alpha value is -2.67. The van der Waals surface area contributed by atoms with Crippen LogP contribution < -0.4 is 10.1 Å². The highest BCUT2D eigenvalue weighted by molar-refractivity contribution is 5.88. The van der Waals surface area contributed by atoms with Crippen LogP contribution in [-0.2, 0) is 4.74 Å². The van der Waals surface area contributed by atoms with Crippen LogP contribution in [0.2, 0.25) is 0 Å². The van der Waals surface area contributed by atoms with E-state index in [2.05, 4.69) is 10.3 Å².